The van der Waals surface area contributed by atoms with Crippen LogP contribution in [0.1, 0.15) is 18.1 Å². The fourth-order valence-electron chi connectivity index (χ4n) is 2.08. The third-order valence-corrected chi connectivity index (χ3v) is 3.25. The van der Waals surface area contributed by atoms with Gasteiger partial charge < -0.3 is 14.8 Å². The van der Waals surface area contributed by atoms with Gasteiger partial charge in [0.1, 0.15) is 11.5 Å². The minimum Gasteiger partial charge on any atom is -0.497 e. The van der Waals surface area contributed by atoms with Crippen molar-refractivity contribution in [2.24, 2.45) is 7.05 Å². The highest BCUT2D eigenvalue weighted by molar-refractivity contribution is 5.40. The summed E-state index contributed by atoms with van der Waals surface area (Å²) in [5, 5.41) is 7.48. The summed E-state index contributed by atoms with van der Waals surface area (Å²) < 4.78 is 13.0. The summed E-state index contributed by atoms with van der Waals surface area (Å²) in [6, 6.07) is 5.94. The first-order valence-corrected chi connectivity index (χ1v) is 7.21. The molecular formula is C16H23N3O2. The van der Waals surface area contributed by atoms with E-state index < -0.39 is 0 Å². The zero-order valence-corrected chi connectivity index (χ0v) is 12.9. The maximum Gasteiger partial charge on any atom is 0.127 e. The van der Waals surface area contributed by atoms with E-state index >= 15 is 0 Å². The summed E-state index contributed by atoms with van der Waals surface area (Å²) >= 11 is 0. The van der Waals surface area contributed by atoms with E-state index in [0.29, 0.717) is 6.61 Å². The molecule has 0 spiro atoms. The first kappa shape index (κ1) is 15.4. The lowest BCUT2D eigenvalue weighted by atomic mass is 10.2. The van der Waals surface area contributed by atoms with E-state index in [1.165, 1.54) is 5.56 Å². The molecule has 0 aliphatic rings. The molecule has 0 unspecified atom stereocenters. The van der Waals surface area contributed by atoms with Crippen molar-refractivity contribution in [3.8, 4) is 11.5 Å². The van der Waals surface area contributed by atoms with Crippen LogP contribution in [-0.2, 0) is 20.0 Å². The fraction of sp³-hybridized carbons (Fsp3) is 0.438. The summed E-state index contributed by atoms with van der Waals surface area (Å²) in [6.07, 6.45) is 4.72. The molecule has 0 aliphatic heterocycles. The number of ether oxygens (including phenoxy) is 2. The third kappa shape index (κ3) is 4.49. The van der Waals surface area contributed by atoms with Crippen LogP contribution >= 0.6 is 0 Å². The van der Waals surface area contributed by atoms with Gasteiger partial charge in [0, 0.05) is 37.8 Å². The molecule has 0 radical (unpaired) electrons. The molecule has 0 aliphatic carbocycles. The second-order valence-electron chi connectivity index (χ2n) is 4.87. The van der Waals surface area contributed by atoms with Crippen LogP contribution in [0.15, 0.2) is 30.6 Å². The van der Waals surface area contributed by atoms with Crippen LogP contribution in [0.25, 0.3) is 0 Å². The summed E-state index contributed by atoms with van der Waals surface area (Å²) in [5.41, 5.74) is 2.32. The average molecular weight is 289 g/mol. The van der Waals surface area contributed by atoms with Gasteiger partial charge in [-0.2, -0.15) is 5.10 Å². The molecule has 2 rings (SSSR count). The van der Waals surface area contributed by atoms with Crippen LogP contribution in [-0.4, -0.2) is 30.0 Å². The van der Waals surface area contributed by atoms with E-state index in [-0.39, 0.29) is 0 Å². The van der Waals surface area contributed by atoms with Crippen LogP contribution in [0.3, 0.4) is 0 Å². The van der Waals surface area contributed by atoms with Gasteiger partial charge in [-0.15, -0.1) is 0 Å². The highest BCUT2D eigenvalue weighted by Crippen LogP contribution is 2.25. The summed E-state index contributed by atoms with van der Waals surface area (Å²) in [5.74, 6) is 1.69. The summed E-state index contributed by atoms with van der Waals surface area (Å²) in [7, 11) is 3.58. The number of nitrogens with one attached hydrogen (secondary N) is 1. The van der Waals surface area contributed by atoms with Crippen molar-refractivity contribution < 1.29 is 9.47 Å². The Morgan fingerprint density at radius 1 is 1.33 bits per heavy atom. The Bertz CT molecular complexity index is 566. The minimum absolute atomic E-state index is 0.623. The van der Waals surface area contributed by atoms with E-state index in [9.17, 15) is 0 Å². The molecule has 21 heavy (non-hydrogen) atoms. The molecule has 5 nitrogen and oxygen atoms in total. The number of hydrogen-bond acceptors (Lipinski definition) is 4. The second kappa shape index (κ2) is 7.69. The number of rotatable bonds is 8. The van der Waals surface area contributed by atoms with E-state index in [2.05, 4.69) is 17.3 Å². The zero-order valence-electron chi connectivity index (χ0n) is 12.9. The molecule has 0 bridgehead atoms. The van der Waals surface area contributed by atoms with Gasteiger partial charge >= 0.3 is 0 Å². The van der Waals surface area contributed by atoms with E-state index in [0.717, 1.165) is 36.6 Å². The standard InChI is InChI=1S/C16H23N3O2/c1-4-17-11-14-5-6-15(20-3)9-16(14)21-8-7-13-10-18-19(2)12-13/h5-6,9-10,12,17H,4,7-8,11H2,1-3H3. The topological polar surface area (TPSA) is 48.3 Å². The lowest BCUT2D eigenvalue weighted by molar-refractivity contribution is 0.314. The second-order valence-corrected chi connectivity index (χ2v) is 4.87. The Morgan fingerprint density at radius 2 is 2.19 bits per heavy atom. The van der Waals surface area contributed by atoms with Crippen molar-refractivity contribution >= 4 is 0 Å². The molecule has 0 saturated heterocycles. The van der Waals surface area contributed by atoms with Crippen LogP contribution < -0.4 is 14.8 Å². The maximum absolute atomic E-state index is 5.93. The van der Waals surface area contributed by atoms with Gasteiger partial charge in [0.05, 0.1) is 19.9 Å². The van der Waals surface area contributed by atoms with Crippen molar-refractivity contribution in [2.45, 2.75) is 19.9 Å². The molecule has 2 aromatic rings. The van der Waals surface area contributed by atoms with Gasteiger partial charge in [0.15, 0.2) is 0 Å². The predicted octanol–water partition coefficient (Wildman–Crippen LogP) is 2.16. The normalized spacial score (nSPS) is 10.6. The van der Waals surface area contributed by atoms with E-state index in [4.69, 9.17) is 9.47 Å². The maximum atomic E-state index is 5.93. The largest absolute Gasteiger partial charge is 0.497 e. The Kier molecular flexibility index (Phi) is 5.63. The highest BCUT2D eigenvalue weighted by atomic mass is 16.5. The number of aryl methyl sites for hydroxylation is 1. The van der Waals surface area contributed by atoms with Crippen LogP contribution in [0.5, 0.6) is 11.5 Å². The van der Waals surface area contributed by atoms with Gasteiger partial charge in [-0.25, -0.2) is 0 Å². The van der Waals surface area contributed by atoms with Gasteiger partial charge in [0.2, 0.25) is 0 Å². The van der Waals surface area contributed by atoms with Crippen molar-refractivity contribution in [3.63, 3.8) is 0 Å². The Morgan fingerprint density at radius 3 is 2.86 bits per heavy atom. The fourth-order valence-corrected chi connectivity index (χ4v) is 2.08. The van der Waals surface area contributed by atoms with Gasteiger partial charge in [-0.05, 0) is 18.2 Å². The lowest BCUT2D eigenvalue weighted by Crippen LogP contribution is -2.13. The number of hydrogen-bond donors (Lipinski definition) is 1. The van der Waals surface area contributed by atoms with E-state index in [1.54, 1.807) is 11.8 Å². The monoisotopic (exact) mass is 289 g/mol. The molecular weight excluding hydrogens is 266 g/mol. The average Bonchev–Trinajstić information content (AvgIpc) is 2.91. The van der Waals surface area contributed by atoms with Gasteiger partial charge in [-0.3, -0.25) is 4.68 Å². The highest BCUT2D eigenvalue weighted by Gasteiger charge is 2.06. The molecule has 0 atom stereocenters. The number of methoxy groups -OCH3 is 1. The smallest absolute Gasteiger partial charge is 0.127 e. The molecule has 1 aromatic heterocycles. The molecule has 1 heterocycles. The van der Waals surface area contributed by atoms with Crippen molar-refractivity contribution in [3.05, 3.63) is 41.7 Å². The molecule has 5 heteroatoms. The molecule has 0 saturated carbocycles. The van der Waals surface area contributed by atoms with Crippen LogP contribution in [0.4, 0.5) is 0 Å². The Balaban J connectivity index is 1.98. The first-order valence-electron chi connectivity index (χ1n) is 7.21. The van der Waals surface area contributed by atoms with Crippen molar-refractivity contribution in [2.75, 3.05) is 20.3 Å². The van der Waals surface area contributed by atoms with Gasteiger partial charge in [-0.1, -0.05) is 13.0 Å². The van der Waals surface area contributed by atoms with Crippen molar-refractivity contribution in [1.29, 1.82) is 0 Å². The molecule has 114 valence electrons. The summed E-state index contributed by atoms with van der Waals surface area (Å²) in [6.45, 7) is 4.44. The molecule has 1 N–H and O–H groups in total. The van der Waals surface area contributed by atoms with Crippen LogP contribution in [0, 0.1) is 0 Å². The summed E-state index contributed by atoms with van der Waals surface area (Å²) in [4.78, 5) is 0. The van der Waals surface area contributed by atoms with Gasteiger partial charge in [0.25, 0.3) is 0 Å². The number of aromatic nitrogens is 2. The Labute approximate surface area is 125 Å². The quantitative estimate of drug-likeness (QED) is 0.809. The molecule has 0 amide bonds. The Hall–Kier alpha value is -2.01. The number of benzene rings is 1. The van der Waals surface area contributed by atoms with E-state index in [1.807, 2.05) is 37.6 Å². The minimum atomic E-state index is 0.623. The molecule has 1 aromatic carbocycles. The van der Waals surface area contributed by atoms with Crippen molar-refractivity contribution in [1.82, 2.24) is 15.1 Å². The SMILES string of the molecule is CCNCc1ccc(OC)cc1OCCc1cnn(C)c1. The van der Waals surface area contributed by atoms with Crippen LogP contribution in [0.2, 0.25) is 0 Å². The molecule has 0 fully saturated rings. The third-order valence-electron chi connectivity index (χ3n) is 3.25. The zero-order chi connectivity index (χ0) is 15.1. The first-order chi connectivity index (χ1) is 10.2. The predicted molar refractivity (Wildman–Crippen MR) is 82.8 cm³/mol. The number of nitrogens with zero attached hydrogens (tertiary/aromatic N) is 2. The lowest BCUT2D eigenvalue weighted by Gasteiger charge is -2.13.